The molecule has 0 amide bonds. The molecule has 0 fully saturated rings. The summed E-state index contributed by atoms with van der Waals surface area (Å²) in [5, 5.41) is 7.99. The number of nitrogens with one attached hydrogen (secondary N) is 1. The lowest BCUT2D eigenvalue weighted by molar-refractivity contribution is 0.369. The van der Waals surface area contributed by atoms with Crippen molar-refractivity contribution in [3.63, 3.8) is 0 Å². The van der Waals surface area contributed by atoms with Crippen LogP contribution < -0.4 is 5.32 Å². The van der Waals surface area contributed by atoms with Gasteiger partial charge < -0.3 is 5.32 Å². The summed E-state index contributed by atoms with van der Waals surface area (Å²) < 4.78 is 2.04. The van der Waals surface area contributed by atoms with Gasteiger partial charge in [0, 0.05) is 19.0 Å². The van der Waals surface area contributed by atoms with E-state index in [4.69, 9.17) is 0 Å². The summed E-state index contributed by atoms with van der Waals surface area (Å²) in [7, 11) is 0. The first-order chi connectivity index (χ1) is 9.81. The first-order valence-corrected chi connectivity index (χ1v) is 7.16. The van der Waals surface area contributed by atoms with Crippen LogP contribution in [0.5, 0.6) is 0 Å². The van der Waals surface area contributed by atoms with Crippen LogP contribution in [0.3, 0.4) is 0 Å². The second-order valence-electron chi connectivity index (χ2n) is 5.21. The van der Waals surface area contributed by atoms with Gasteiger partial charge in [0.1, 0.15) is 11.6 Å². The Labute approximate surface area is 119 Å². The van der Waals surface area contributed by atoms with Crippen LogP contribution in [0, 0.1) is 6.92 Å². The standard InChI is InChI=1S/C16H20N4/c1-13-18-16-10-9-15(12-20(16)19-13)17-11-5-8-14-6-3-2-4-7-14/h2-8,15,17H,9-12H2,1H3/b8-5-/t15-/m1/s1. The van der Waals surface area contributed by atoms with Crippen LogP contribution in [0.1, 0.15) is 23.6 Å². The molecule has 1 aliphatic rings. The molecular formula is C16H20N4. The van der Waals surface area contributed by atoms with E-state index < -0.39 is 0 Å². The third-order valence-electron chi connectivity index (χ3n) is 3.60. The molecule has 1 aliphatic heterocycles. The molecule has 2 heterocycles. The van der Waals surface area contributed by atoms with Gasteiger partial charge in [-0.3, -0.25) is 0 Å². The highest BCUT2D eigenvalue weighted by atomic mass is 15.4. The summed E-state index contributed by atoms with van der Waals surface area (Å²) in [4.78, 5) is 4.43. The van der Waals surface area contributed by atoms with Crippen molar-refractivity contribution >= 4 is 6.08 Å². The lowest BCUT2D eigenvalue weighted by Crippen LogP contribution is -2.37. The van der Waals surface area contributed by atoms with Gasteiger partial charge in [0.25, 0.3) is 0 Å². The quantitative estimate of drug-likeness (QED) is 0.924. The van der Waals surface area contributed by atoms with Gasteiger partial charge in [0.2, 0.25) is 0 Å². The number of hydrogen-bond donors (Lipinski definition) is 1. The number of fused-ring (bicyclic) bond motifs is 1. The smallest absolute Gasteiger partial charge is 0.147 e. The molecule has 0 saturated carbocycles. The molecule has 1 aromatic carbocycles. The van der Waals surface area contributed by atoms with Crippen molar-refractivity contribution in [3.8, 4) is 0 Å². The average molecular weight is 268 g/mol. The Bertz CT molecular complexity index is 586. The van der Waals surface area contributed by atoms with E-state index in [0.29, 0.717) is 6.04 Å². The van der Waals surface area contributed by atoms with Gasteiger partial charge in [-0.05, 0) is 18.9 Å². The largest absolute Gasteiger partial charge is 0.309 e. The lowest BCUT2D eigenvalue weighted by Gasteiger charge is -2.22. The first-order valence-electron chi connectivity index (χ1n) is 7.16. The number of hydrogen-bond acceptors (Lipinski definition) is 3. The lowest BCUT2D eigenvalue weighted by atomic mass is 10.1. The molecule has 20 heavy (non-hydrogen) atoms. The van der Waals surface area contributed by atoms with Crippen molar-refractivity contribution < 1.29 is 0 Å². The van der Waals surface area contributed by atoms with Crippen LogP contribution >= 0.6 is 0 Å². The molecule has 0 saturated heterocycles. The number of rotatable bonds is 4. The van der Waals surface area contributed by atoms with E-state index in [-0.39, 0.29) is 0 Å². The van der Waals surface area contributed by atoms with Crippen molar-refractivity contribution in [2.24, 2.45) is 0 Å². The number of aryl methyl sites for hydroxylation is 2. The highest BCUT2D eigenvalue weighted by molar-refractivity contribution is 5.48. The van der Waals surface area contributed by atoms with Crippen molar-refractivity contribution in [2.45, 2.75) is 32.4 Å². The Hall–Kier alpha value is -1.94. The maximum absolute atomic E-state index is 4.43. The van der Waals surface area contributed by atoms with E-state index in [2.05, 4.69) is 51.8 Å². The Morgan fingerprint density at radius 2 is 2.20 bits per heavy atom. The van der Waals surface area contributed by atoms with Gasteiger partial charge in [-0.25, -0.2) is 9.67 Å². The monoisotopic (exact) mass is 268 g/mol. The number of aromatic nitrogens is 3. The van der Waals surface area contributed by atoms with Crippen molar-refractivity contribution in [3.05, 3.63) is 53.6 Å². The summed E-state index contributed by atoms with van der Waals surface area (Å²) in [6.45, 7) is 3.77. The normalized spacial score (nSPS) is 18.4. The Balaban J connectivity index is 1.49. The minimum atomic E-state index is 0.490. The summed E-state index contributed by atoms with van der Waals surface area (Å²) >= 11 is 0. The minimum absolute atomic E-state index is 0.490. The second kappa shape index (κ2) is 6.01. The van der Waals surface area contributed by atoms with Crippen molar-refractivity contribution in [1.29, 1.82) is 0 Å². The maximum Gasteiger partial charge on any atom is 0.147 e. The van der Waals surface area contributed by atoms with Crippen LogP contribution in [0.4, 0.5) is 0 Å². The zero-order chi connectivity index (χ0) is 13.8. The fourth-order valence-electron chi connectivity index (χ4n) is 2.59. The van der Waals surface area contributed by atoms with E-state index in [1.807, 2.05) is 17.7 Å². The van der Waals surface area contributed by atoms with Gasteiger partial charge in [-0.1, -0.05) is 42.5 Å². The predicted molar refractivity (Wildman–Crippen MR) is 80.3 cm³/mol. The molecule has 0 bridgehead atoms. The van der Waals surface area contributed by atoms with E-state index >= 15 is 0 Å². The second-order valence-corrected chi connectivity index (χ2v) is 5.21. The van der Waals surface area contributed by atoms with E-state index in [1.54, 1.807) is 0 Å². The molecule has 0 radical (unpaired) electrons. The Morgan fingerprint density at radius 3 is 3.05 bits per heavy atom. The van der Waals surface area contributed by atoms with Crippen LogP contribution in [0.15, 0.2) is 36.4 Å². The van der Waals surface area contributed by atoms with Crippen LogP contribution in [0.2, 0.25) is 0 Å². The SMILES string of the molecule is Cc1nc2n(n1)C[C@H](NC/C=C\c1ccccc1)CC2. The van der Waals surface area contributed by atoms with Gasteiger partial charge in [-0.2, -0.15) is 5.10 Å². The average Bonchev–Trinajstić information content (AvgIpc) is 2.84. The van der Waals surface area contributed by atoms with Gasteiger partial charge in [-0.15, -0.1) is 0 Å². The van der Waals surface area contributed by atoms with Crippen LogP contribution in [0.25, 0.3) is 6.08 Å². The van der Waals surface area contributed by atoms with Crippen LogP contribution in [-0.4, -0.2) is 27.4 Å². The molecular weight excluding hydrogens is 248 g/mol. The fourth-order valence-corrected chi connectivity index (χ4v) is 2.59. The van der Waals surface area contributed by atoms with Gasteiger partial charge in [0.05, 0.1) is 6.54 Å². The van der Waals surface area contributed by atoms with E-state index in [0.717, 1.165) is 37.6 Å². The van der Waals surface area contributed by atoms with Gasteiger partial charge >= 0.3 is 0 Å². The molecule has 1 N–H and O–H groups in total. The Morgan fingerprint density at radius 1 is 1.35 bits per heavy atom. The molecule has 4 heteroatoms. The highest BCUT2D eigenvalue weighted by Gasteiger charge is 2.19. The van der Waals surface area contributed by atoms with E-state index in [9.17, 15) is 0 Å². The minimum Gasteiger partial charge on any atom is -0.309 e. The zero-order valence-corrected chi connectivity index (χ0v) is 11.8. The molecule has 2 aromatic rings. The molecule has 1 aromatic heterocycles. The van der Waals surface area contributed by atoms with E-state index in [1.165, 1.54) is 5.56 Å². The van der Waals surface area contributed by atoms with Crippen molar-refractivity contribution in [2.75, 3.05) is 6.54 Å². The van der Waals surface area contributed by atoms with Gasteiger partial charge in [0.15, 0.2) is 0 Å². The molecule has 4 nitrogen and oxygen atoms in total. The first kappa shape index (κ1) is 13.1. The third-order valence-corrected chi connectivity index (χ3v) is 3.60. The summed E-state index contributed by atoms with van der Waals surface area (Å²) in [6.07, 6.45) is 6.48. The Kier molecular flexibility index (Phi) is 3.92. The van der Waals surface area contributed by atoms with Crippen molar-refractivity contribution in [1.82, 2.24) is 20.1 Å². The molecule has 0 spiro atoms. The molecule has 104 valence electrons. The maximum atomic E-state index is 4.43. The predicted octanol–water partition coefficient (Wildman–Crippen LogP) is 2.20. The highest BCUT2D eigenvalue weighted by Crippen LogP contribution is 2.12. The number of nitrogens with zero attached hydrogens (tertiary/aromatic N) is 3. The molecule has 3 rings (SSSR count). The number of benzene rings is 1. The zero-order valence-electron chi connectivity index (χ0n) is 11.8. The summed E-state index contributed by atoms with van der Waals surface area (Å²) in [5.41, 5.74) is 1.24. The fraction of sp³-hybridized carbons (Fsp3) is 0.375. The summed E-state index contributed by atoms with van der Waals surface area (Å²) in [6, 6.07) is 10.9. The molecule has 0 aliphatic carbocycles. The topological polar surface area (TPSA) is 42.7 Å². The molecule has 1 atom stereocenters. The summed E-state index contributed by atoms with van der Waals surface area (Å²) in [5.74, 6) is 2.00. The molecule has 0 unspecified atom stereocenters. The third kappa shape index (κ3) is 3.14. The van der Waals surface area contributed by atoms with Crippen LogP contribution in [-0.2, 0) is 13.0 Å².